The van der Waals surface area contributed by atoms with E-state index in [0.29, 0.717) is 12.0 Å². The van der Waals surface area contributed by atoms with Gasteiger partial charge >= 0.3 is 0 Å². The first-order valence-electron chi connectivity index (χ1n) is 6.41. The normalized spacial score (nSPS) is 13.3. The lowest BCUT2D eigenvalue weighted by Gasteiger charge is -2.18. The molecule has 102 valence electrons. The maximum atomic E-state index is 11.3. The molecule has 0 saturated carbocycles. The maximum Gasteiger partial charge on any atom is 0.231 e. The highest BCUT2D eigenvalue weighted by atomic mass is 32.2. The molecule has 2 N–H and O–H groups in total. The molecule has 18 heavy (non-hydrogen) atoms. The molecule has 1 aromatic rings. The van der Waals surface area contributed by atoms with Crippen molar-refractivity contribution >= 4 is 17.7 Å². The van der Waals surface area contributed by atoms with Gasteiger partial charge in [0, 0.05) is 17.9 Å². The molecule has 0 spiro atoms. The average Bonchev–Trinajstić information content (AvgIpc) is 2.68. The fourth-order valence-corrected chi connectivity index (χ4v) is 2.94. The van der Waals surface area contributed by atoms with Crippen LogP contribution in [0.2, 0.25) is 0 Å². The Morgan fingerprint density at radius 1 is 1.44 bits per heavy atom. The Hall–Kier alpha value is -0.970. The van der Waals surface area contributed by atoms with Crippen molar-refractivity contribution in [1.82, 2.24) is 9.55 Å². The van der Waals surface area contributed by atoms with Gasteiger partial charge in [0.2, 0.25) is 5.91 Å². The molecule has 0 saturated heterocycles. The van der Waals surface area contributed by atoms with Crippen molar-refractivity contribution in [2.24, 2.45) is 5.73 Å². The summed E-state index contributed by atoms with van der Waals surface area (Å²) in [6, 6.07) is 0.331. The zero-order chi connectivity index (χ0) is 13.9. The van der Waals surface area contributed by atoms with E-state index in [4.69, 9.17) is 5.73 Å². The molecule has 5 heteroatoms. The molecule has 1 amide bonds. The molecule has 1 aromatic heterocycles. The van der Waals surface area contributed by atoms with Gasteiger partial charge < -0.3 is 10.3 Å². The number of hydrogen-bond donors (Lipinski definition) is 1. The van der Waals surface area contributed by atoms with Gasteiger partial charge in [-0.2, -0.15) is 0 Å². The number of thioether (sulfide) groups is 1. The van der Waals surface area contributed by atoms with Crippen molar-refractivity contribution in [3.8, 4) is 0 Å². The summed E-state index contributed by atoms with van der Waals surface area (Å²) < 4.78 is 2.20. The minimum atomic E-state index is -0.271. The topological polar surface area (TPSA) is 60.9 Å². The molecule has 0 aliphatic rings. The number of rotatable bonds is 6. The van der Waals surface area contributed by atoms with Crippen LogP contribution in [0.3, 0.4) is 0 Å². The minimum absolute atomic E-state index is 0.204. The molecule has 0 radical (unpaired) electrons. The van der Waals surface area contributed by atoms with Gasteiger partial charge in [0.25, 0.3) is 0 Å². The van der Waals surface area contributed by atoms with E-state index in [1.807, 2.05) is 13.1 Å². The van der Waals surface area contributed by atoms with E-state index < -0.39 is 0 Å². The summed E-state index contributed by atoms with van der Waals surface area (Å²) >= 11 is 1.47. The van der Waals surface area contributed by atoms with Crippen LogP contribution in [-0.2, 0) is 4.79 Å². The van der Waals surface area contributed by atoms with E-state index in [-0.39, 0.29) is 11.2 Å². The van der Waals surface area contributed by atoms with Crippen molar-refractivity contribution in [2.75, 3.05) is 0 Å². The van der Waals surface area contributed by atoms with Crippen molar-refractivity contribution in [1.29, 1.82) is 0 Å². The zero-order valence-corrected chi connectivity index (χ0v) is 12.6. The van der Waals surface area contributed by atoms with Gasteiger partial charge in [-0.3, -0.25) is 4.79 Å². The predicted octanol–water partition coefficient (Wildman–Crippen LogP) is 2.94. The number of amides is 1. The Kier molecular flexibility index (Phi) is 5.26. The molecule has 0 aromatic carbocycles. The largest absolute Gasteiger partial charge is 0.369 e. The molecule has 4 nitrogen and oxygen atoms in total. The number of primary amides is 1. The summed E-state index contributed by atoms with van der Waals surface area (Å²) in [4.78, 5) is 15.8. The van der Waals surface area contributed by atoms with Crippen LogP contribution in [0, 0.1) is 0 Å². The van der Waals surface area contributed by atoms with Crippen LogP contribution in [0.15, 0.2) is 11.4 Å². The zero-order valence-electron chi connectivity index (χ0n) is 11.8. The van der Waals surface area contributed by atoms with Gasteiger partial charge in [0.1, 0.15) is 0 Å². The first-order valence-corrected chi connectivity index (χ1v) is 7.29. The average molecular weight is 269 g/mol. The molecular formula is C13H23N3OS. The summed E-state index contributed by atoms with van der Waals surface area (Å²) in [5, 5.41) is 0.685. The van der Waals surface area contributed by atoms with Crippen molar-refractivity contribution in [3.05, 3.63) is 11.9 Å². The van der Waals surface area contributed by atoms with E-state index in [2.05, 4.69) is 37.2 Å². The molecule has 0 aliphatic carbocycles. The number of hydrogen-bond acceptors (Lipinski definition) is 3. The quantitative estimate of drug-likeness (QED) is 0.808. The monoisotopic (exact) mass is 269 g/mol. The SMILES string of the molecule is CCC(Sc1ncc(C(C)C)n1C(C)C)C(N)=O. The van der Waals surface area contributed by atoms with Gasteiger partial charge in [-0.15, -0.1) is 0 Å². The summed E-state index contributed by atoms with van der Waals surface area (Å²) in [6.45, 7) is 10.5. The van der Waals surface area contributed by atoms with Crippen LogP contribution in [-0.4, -0.2) is 20.7 Å². The summed E-state index contributed by atoms with van der Waals surface area (Å²) in [6.07, 6.45) is 2.63. The highest BCUT2D eigenvalue weighted by Crippen LogP contribution is 2.30. The van der Waals surface area contributed by atoms with Crippen LogP contribution in [0.25, 0.3) is 0 Å². The number of imidazole rings is 1. The molecule has 1 heterocycles. The van der Waals surface area contributed by atoms with Crippen LogP contribution in [0.5, 0.6) is 0 Å². The Balaban J connectivity index is 3.06. The van der Waals surface area contributed by atoms with Gasteiger partial charge in [-0.05, 0) is 26.2 Å². The standard InChI is InChI=1S/C13H23N3OS/c1-6-11(12(14)17)18-13-15-7-10(8(2)3)16(13)9(4)5/h7-9,11H,6H2,1-5H3,(H2,14,17). The van der Waals surface area contributed by atoms with E-state index in [0.717, 1.165) is 11.6 Å². The number of nitrogens with two attached hydrogens (primary N) is 1. The minimum Gasteiger partial charge on any atom is -0.369 e. The highest BCUT2D eigenvalue weighted by molar-refractivity contribution is 8.00. The molecule has 0 bridgehead atoms. The lowest BCUT2D eigenvalue weighted by molar-refractivity contribution is -0.117. The Morgan fingerprint density at radius 3 is 2.44 bits per heavy atom. The second-order valence-corrected chi connectivity index (χ2v) is 6.17. The van der Waals surface area contributed by atoms with E-state index in [1.54, 1.807) is 0 Å². The summed E-state index contributed by atoms with van der Waals surface area (Å²) in [7, 11) is 0. The fourth-order valence-electron chi connectivity index (χ4n) is 1.86. The van der Waals surface area contributed by atoms with Gasteiger partial charge in [-0.1, -0.05) is 32.5 Å². The van der Waals surface area contributed by atoms with Gasteiger partial charge in [0.05, 0.1) is 5.25 Å². The maximum absolute atomic E-state index is 11.3. The molecule has 1 atom stereocenters. The molecular weight excluding hydrogens is 246 g/mol. The number of aromatic nitrogens is 2. The number of nitrogens with zero attached hydrogens (tertiary/aromatic N) is 2. The van der Waals surface area contributed by atoms with Gasteiger partial charge in [0.15, 0.2) is 5.16 Å². The van der Waals surface area contributed by atoms with Gasteiger partial charge in [-0.25, -0.2) is 4.98 Å². The van der Waals surface area contributed by atoms with Crippen LogP contribution in [0.4, 0.5) is 0 Å². The third-order valence-electron chi connectivity index (χ3n) is 2.84. The molecule has 1 unspecified atom stereocenters. The third kappa shape index (κ3) is 3.28. The van der Waals surface area contributed by atoms with Crippen LogP contribution < -0.4 is 5.73 Å². The second kappa shape index (κ2) is 6.27. The second-order valence-electron chi connectivity index (χ2n) is 5.00. The molecule has 0 fully saturated rings. The summed E-state index contributed by atoms with van der Waals surface area (Å²) in [5.41, 5.74) is 6.59. The predicted molar refractivity (Wildman–Crippen MR) is 75.8 cm³/mol. The highest BCUT2D eigenvalue weighted by Gasteiger charge is 2.21. The Morgan fingerprint density at radius 2 is 2.06 bits per heavy atom. The van der Waals surface area contributed by atoms with E-state index in [9.17, 15) is 4.79 Å². The van der Waals surface area contributed by atoms with E-state index in [1.165, 1.54) is 17.5 Å². The van der Waals surface area contributed by atoms with Crippen molar-refractivity contribution in [2.45, 2.75) is 63.4 Å². The molecule has 0 aliphatic heterocycles. The Labute approximate surface area is 113 Å². The first-order chi connectivity index (χ1) is 8.38. The number of carbonyl (C=O) groups is 1. The molecule has 1 rings (SSSR count). The lowest BCUT2D eigenvalue weighted by atomic mass is 10.1. The first kappa shape index (κ1) is 15.1. The number of carbonyl (C=O) groups excluding carboxylic acids is 1. The lowest BCUT2D eigenvalue weighted by Crippen LogP contribution is -2.25. The van der Waals surface area contributed by atoms with Crippen molar-refractivity contribution < 1.29 is 4.79 Å². The Bertz CT molecular complexity index is 412. The van der Waals surface area contributed by atoms with Crippen molar-refractivity contribution in [3.63, 3.8) is 0 Å². The van der Waals surface area contributed by atoms with Crippen LogP contribution >= 0.6 is 11.8 Å². The summed E-state index contributed by atoms with van der Waals surface area (Å²) in [5.74, 6) is 0.148. The smallest absolute Gasteiger partial charge is 0.231 e. The van der Waals surface area contributed by atoms with E-state index >= 15 is 0 Å². The third-order valence-corrected chi connectivity index (χ3v) is 4.20. The van der Waals surface area contributed by atoms with Crippen LogP contribution in [0.1, 0.15) is 58.7 Å². The fraction of sp³-hybridized carbons (Fsp3) is 0.692.